The third kappa shape index (κ3) is 5.75. The molecule has 1 aliphatic rings. The molecule has 0 spiro atoms. The third-order valence-electron chi connectivity index (χ3n) is 4.24. The maximum Gasteiger partial charge on any atom is 0.170 e. The van der Waals surface area contributed by atoms with E-state index in [2.05, 4.69) is 22.5 Å². The van der Waals surface area contributed by atoms with Gasteiger partial charge in [0.2, 0.25) is 0 Å². The molecule has 22 heavy (non-hydrogen) atoms. The Kier molecular flexibility index (Phi) is 6.93. The predicted octanol–water partition coefficient (Wildman–Crippen LogP) is 4.06. The Labute approximate surface area is 144 Å². The van der Waals surface area contributed by atoms with Gasteiger partial charge in [0.25, 0.3) is 0 Å². The summed E-state index contributed by atoms with van der Waals surface area (Å²) in [6.45, 7) is 8.87. The molecule has 1 heterocycles. The summed E-state index contributed by atoms with van der Waals surface area (Å²) in [7, 11) is 0. The summed E-state index contributed by atoms with van der Waals surface area (Å²) in [5.74, 6) is 0.896. The minimum absolute atomic E-state index is 0.659. The lowest BCUT2D eigenvalue weighted by Gasteiger charge is -2.30. The van der Waals surface area contributed by atoms with Gasteiger partial charge < -0.3 is 15.5 Å². The quantitative estimate of drug-likeness (QED) is 0.625. The van der Waals surface area contributed by atoms with Crippen molar-refractivity contribution in [3.05, 3.63) is 28.8 Å². The number of likely N-dealkylation sites (tertiary alicyclic amines) is 1. The number of aryl methyl sites for hydroxylation is 1. The molecule has 3 nitrogen and oxygen atoms in total. The highest BCUT2D eigenvalue weighted by Crippen LogP contribution is 2.19. The van der Waals surface area contributed by atoms with Gasteiger partial charge in [0.1, 0.15) is 0 Å². The zero-order chi connectivity index (χ0) is 15.9. The Hall–Kier alpha value is -0.840. The van der Waals surface area contributed by atoms with E-state index in [1.807, 2.05) is 25.1 Å². The van der Waals surface area contributed by atoms with Gasteiger partial charge in [-0.25, -0.2) is 0 Å². The lowest BCUT2D eigenvalue weighted by molar-refractivity contribution is 0.191. The van der Waals surface area contributed by atoms with Crippen LogP contribution in [0.25, 0.3) is 0 Å². The van der Waals surface area contributed by atoms with Crippen LogP contribution in [0.15, 0.2) is 18.2 Å². The minimum Gasteiger partial charge on any atom is -0.362 e. The van der Waals surface area contributed by atoms with Crippen LogP contribution < -0.4 is 10.6 Å². The van der Waals surface area contributed by atoms with Crippen molar-refractivity contribution in [2.24, 2.45) is 5.92 Å². The number of halogens is 1. The van der Waals surface area contributed by atoms with Crippen molar-refractivity contribution in [1.82, 2.24) is 10.2 Å². The van der Waals surface area contributed by atoms with Crippen LogP contribution in [-0.4, -0.2) is 36.2 Å². The van der Waals surface area contributed by atoms with Gasteiger partial charge in [0.05, 0.1) is 0 Å². The maximum atomic E-state index is 6.11. The van der Waals surface area contributed by atoms with E-state index in [1.54, 1.807) is 0 Å². The lowest BCUT2D eigenvalue weighted by Crippen LogP contribution is -2.36. The summed E-state index contributed by atoms with van der Waals surface area (Å²) in [6, 6.07) is 5.88. The Balaban J connectivity index is 1.62. The van der Waals surface area contributed by atoms with Crippen LogP contribution >= 0.6 is 23.8 Å². The molecule has 1 aromatic carbocycles. The number of nitrogens with zero attached hydrogens (tertiary/aromatic N) is 1. The Morgan fingerprint density at radius 1 is 1.36 bits per heavy atom. The average Bonchev–Trinajstić information content (AvgIpc) is 2.49. The SMILES string of the molecule is Cc1ccc(NC(=S)NCCCN2CCC(C)CC2)cc1Cl. The molecule has 1 aromatic rings. The Morgan fingerprint density at radius 3 is 2.77 bits per heavy atom. The first kappa shape index (κ1) is 17.5. The molecule has 0 amide bonds. The summed E-state index contributed by atoms with van der Waals surface area (Å²) in [5.41, 5.74) is 2.00. The molecule has 0 radical (unpaired) electrons. The molecule has 0 unspecified atom stereocenters. The molecule has 122 valence electrons. The fraction of sp³-hybridized carbons (Fsp3) is 0.588. The molecular formula is C17H26ClN3S. The molecule has 5 heteroatoms. The van der Waals surface area contributed by atoms with Crippen molar-refractivity contribution >= 4 is 34.6 Å². The highest BCUT2D eigenvalue weighted by molar-refractivity contribution is 7.80. The fourth-order valence-electron chi connectivity index (χ4n) is 2.64. The number of benzene rings is 1. The van der Waals surface area contributed by atoms with Crippen LogP contribution in [0.3, 0.4) is 0 Å². The number of hydrogen-bond donors (Lipinski definition) is 2. The predicted molar refractivity (Wildman–Crippen MR) is 99.9 cm³/mol. The summed E-state index contributed by atoms with van der Waals surface area (Å²) in [4.78, 5) is 2.55. The number of piperidine rings is 1. The molecule has 1 saturated heterocycles. The van der Waals surface area contributed by atoms with E-state index in [9.17, 15) is 0 Å². The molecule has 0 saturated carbocycles. The summed E-state index contributed by atoms with van der Waals surface area (Å²) >= 11 is 11.4. The molecule has 1 aliphatic heterocycles. The van der Waals surface area contributed by atoms with Crippen molar-refractivity contribution < 1.29 is 0 Å². The molecule has 1 fully saturated rings. The van der Waals surface area contributed by atoms with Gasteiger partial charge in [0.15, 0.2) is 5.11 Å². The van der Waals surface area contributed by atoms with Gasteiger partial charge in [-0.05, 0) is 81.7 Å². The van der Waals surface area contributed by atoms with E-state index in [-0.39, 0.29) is 0 Å². The van der Waals surface area contributed by atoms with Gasteiger partial charge >= 0.3 is 0 Å². The number of hydrogen-bond acceptors (Lipinski definition) is 2. The highest BCUT2D eigenvalue weighted by Gasteiger charge is 2.14. The van der Waals surface area contributed by atoms with Gasteiger partial charge in [-0.2, -0.15) is 0 Å². The first-order valence-corrected chi connectivity index (χ1v) is 8.86. The molecule has 0 aliphatic carbocycles. The molecule has 0 bridgehead atoms. The molecule has 2 rings (SSSR count). The van der Waals surface area contributed by atoms with Crippen molar-refractivity contribution in [3.63, 3.8) is 0 Å². The van der Waals surface area contributed by atoms with Crippen molar-refractivity contribution in [2.75, 3.05) is 31.5 Å². The number of anilines is 1. The number of nitrogens with one attached hydrogen (secondary N) is 2. The van der Waals surface area contributed by atoms with Crippen LogP contribution in [0, 0.1) is 12.8 Å². The summed E-state index contributed by atoms with van der Waals surface area (Å²) < 4.78 is 0. The first-order valence-electron chi connectivity index (χ1n) is 8.08. The lowest BCUT2D eigenvalue weighted by atomic mass is 9.99. The van der Waals surface area contributed by atoms with Gasteiger partial charge in [-0.15, -0.1) is 0 Å². The van der Waals surface area contributed by atoms with Crippen LogP contribution in [0.2, 0.25) is 5.02 Å². The zero-order valence-electron chi connectivity index (χ0n) is 13.5. The van der Waals surface area contributed by atoms with Crippen LogP contribution in [0.5, 0.6) is 0 Å². The van der Waals surface area contributed by atoms with Gasteiger partial charge in [0, 0.05) is 17.3 Å². The van der Waals surface area contributed by atoms with Crippen molar-refractivity contribution in [2.45, 2.75) is 33.1 Å². The topological polar surface area (TPSA) is 27.3 Å². The summed E-state index contributed by atoms with van der Waals surface area (Å²) in [6.07, 6.45) is 3.79. The second kappa shape index (κ2) is 8.70. The Bertz CT molecular complexity index is 499. The highest BCUT2D eigenvalue weighted by atomic mass is 35.5. The third-order valence-corrected chi connectivity index (χ3v) is 4.90. The zero-order valence-corrected chi connectivity index (χ0v) is 15.1. The van der Waals surface area contributed by atoms with Crippen LogP contribution in [0.1, 0.15) is 31.7 Å². The van der Waals surface area contributed by atoms with Crippen molar-refractivity contribution in [3.8, 4) is 0 Å². The molecular weight excluding hydrogens is 314 g/mol. The summed E-state index contributed by atoms with van der Waals surface area (Å²) in [5, 5.41) is 7.86. The standard InChI is InChI=1S/C17H26ClN3S/c1-13-6-10-21(11-7-13)9-3-8-19-17(22)20-15-5-4-14(2)16(18)12-15/h4-5,12-13H,3,6-11H2,1-2H3,(H2,19,20,22). The molecule has 0 atom stereocenters. The van der Waals surface area contributed by atoms with Gasteiger partial charge in [-0.1, -0.05) is 24.6 Å². The second-order valence-electron chi connectivity index (χ2n) is 6.22. The fourth-order valence-corrected chi connectivity index (χ4v) is 3.04. The van der Waals surface area contributed by atoms with E-state index in [0.29, 0.717) is 5.11 Å². The number of thiocarbonyl (C=S) groups is 1. The van der Waals surface area contributed by atoms with Crippen LogP contribution in [-0.2, 0) is 0 Å². The van der Waals surface area contributed by atoms with Crippen molar-refractivity contribution in [1.29, 1.82) is 0 Å². The minimum atomic E-state index is 0.659. The molecule has 2 N–H and O–H groups in total. The monoisotopic (exact) mass is 339 g/mol. The smallest absolute Gasteiger partial charge is 0.170 e. The molecule has 0 aromatic heterocycles. The maximum absolute atomic E-state index is 6.11. The van der Waals surface area contributed by atoms with E-state index in [1.165, 1.54) is 25.9 Å². The van der Waals surface area contributed by atoms with Crippen LogP contribution in [0.4, 0.5) is 5.69 Å². The second-order valence-corrected chi connectivity index (χ2v) is 7.04. The van der Waals surface area contributed by atoms with E-state index in [4.69, 9.17) is 23.8 Å². The van der Waals surface area contributed by atoms with Gasteiger partial charge in [-0.3, -0.25) is 0 Å². The first-order chi connectivity index (χ1) is 10.5. The normalized spacial score (nSPS) is 16.5. The van der Waals surface area contributed by atoms with E-state index in [0.717, 1.165) is 41.7 Å². The number of rotatable bonds is 5. The Morgan fingerprint density at radius 2 is 2.09 bits per heavy atom. The average molecular weight is 340 g/mol. The van der Waals surface area contributed by atoms with E-state index >= 15 is 0 Å². The van der Waals surface area contributed by atoms with E-state index < -0.39 is 0 Å². The largest absolute Gasteiger partial charge is 0.362 e.